The number of benzene rings is 2. The largest absolute Gasteiger partial charge is 0.468 e. The first kappa shape index (κ1) is 24.5. The number of hydrogen-bond donors (Lipinski definition) is 0. The van der Waals surface area contributed by atoms with Crippen LogP contribution in [-0.2, 0) is 30.9 Å². The standard InChI is InChI=1S/C22H21ClFN3O5S2/c1-32-20(28)13-27-18-9-6-16(24)11-19(18)33-22(27)25-21(29)14-3-2-10-26(12-14)34(30,31)17-7-4-15(23)5-8-17/h4-9,11,14H,2-3,10,12-13H2,1H3. The molecule has 0 N–H and O–H groups in total. The number of halogens is 2. The average Bonchev–Trinajstić information content (AvgIpc) is 3.14. The SMILES string of the molecule is COC(=O)Cn1c(=NC(=O)C2CCCN(S(=O)(=O)c3ccc(Cl)cc3)C2)sc2cc(F)ccc21. The maximum Gasteiger partial charge on any atom is 0.325 e. The van der Waals surface area contributed by atoms with E-state index in [-0.39, 0.29) is 22.8 Å². The zero-order valence-electron chi connectivity index (χ0n) is 18.1. The first-order valence-electron chi connectivity index (χ1n) is 10.4. The number of ether oxygens (including phenoxy) is 1. The minimum Gasteiger partial charge on any atom is -0.468 e. The molecular weight excluding hydrogens is 505 g/mol. The number of sulfonamides is 1. The molecule has 0 saturated carbocycles. The third-order valence-corrected chi connectivity index (χ3v) is 8.72. The molecule has 1 atom stereocenters. The predicted octanol–water partition coefficient (Wildman–Crippen LogP) is 3.20. The van der Waals surface area contributed by atoms with Crippen molar-refractivity contribution < 1.29 is 27.1 Å². The summed E-state index contributed by atoms with van der Waals surface area (Å²) >= 11 is 6.94. The molecule has 0 bridgehead atoms. The molecular formula is C22H21ClFN3O5S2. The number of nitrogens with zero attached hydrogens (tertiary/aromatic N) is 3. The van der Waals surface area contributed by atoms with Crippen molar-refractivity contribution >= 4 is 55.1 Å². The predicted molar refractivity (Wildman–Crippen MR) is 125 cm³/mol. The number of rotatable bonds is 5. The molecule has 1 amide bonds. The van der Waals surface area contributed by atoms with Gasteiger partial charge in [-0.15, -0.1) is 0 Å². The van der Waals surface area contributed by atoms with E-state index in [1.54, 1.807) is 0 Å². The third-order valence-electron chi connectivity index (χ3n) is 5.55. The molecule has 1 saturated heterocycles. The molecule has 1 aliphatic rings. The summed E-state index contributed by atoms with van der Waals surface area (Å²) in [4.78, 5) is 29.5. The van der Waals surface area contributed by atoms with Gasteiger partial charge in [0.15, 0.2) is 4.80 Å². The highest BCUT2D eigenvalue weighted by Crippen LogP contribution is 2.26. The van der Waals surface area contributed by atoms with Crippen LogP contribution in [0.3, 0.4) is 0 Å². The van der Waals surface area contributed by atoms with Crippen molar-refractivity contribution in [1.29, 1.82) is 0 Å². The molecule has 2 aromatic carbocycles. The van der Waals surface area contributed by atoms with Crippen LogP contribution in [0.4, 0.5) is 4.39 Å². The quantitative estimate of drug-likeness (QED) is 0.476. The number of hydrogen-bond acceptors (Lipinski definition) is 6. The summed E-state index contributed by atoms with van der Waals surface area (Å²) in [6.07, 6.45) is 0.976. The molecule has 34 heavy (non-hydrogen) atoms. The Morgan fingerprint density at radius 1 is 1.24 bits per heavy atom. The molecule has 12 heteroatoms. The number of piperidine rings is 1. The second-order valence-corrected chi connectivity index (χ2v) is 11.1. The van der Waals surface area contributed by atoms with Gasteiger partial charge in [-0.3, -0.25) is 9.59 Å². The van der Waals surface area contributed by atoms with E-state index in [9.17, 15) is 22.4 Å². The van der Waals surface area contributed by atoms with Crippen LogP contribution < -0.4 is 4.80 Å². The second kappa shape index (κ2) is 9.95. The highest BCUT2D eigenvalue weighted by molar-refractivity contribution is 7.89. The van der Waals surface area contributed by atoms with Crippen LogP contribution in [0.1, 0.15) is 12.8 Å². The Morgan fingerprint density at radius 2 is 1.97 bits per heavy atom. The van der Waals surface area contributed by atoms with Gasteiger partial charge >= 0.3 is 5.97 Å². The van der Waals surface area contributed by atoms with E-state index >= 15 is 0 Å². The lowest BCUT2D eigenvalue weighted by atomic mass is 9.99. The number of fused-ring (bicyclic) bond motifs is 1. The lowest BCUT2D eigenvalue weighted by Gasteiger charge is -2.30. The molecule has 8 nitrogen and oxygen atoms in total. The van der Waals surface area contributed by atoms with Crippen molar-refractivity contribution in [3.8, 4) is 0 Å². The van der Waals surface area contributed by atoms with Crippen molar-refractivity contribution in [3.63, 3.8) is 0 Å². The summed E-state index contributed by atoms with van der Waals surface area (Å²) in [5.41, 5.74) is 0.541. The highest BCUT2D eigenvalue weighted by Gasteiger charge is 2.33. The van der Waals surface area contributed by atoms with Gasteiger partial charge in [-0.25, -0.2) is 12.8 Å². The Bertz CT molecular complexity index is 1420. The molecule has 1 fully saturated rings. The minimum absolute atomic E-state index is 0.0101. The van der Waals surface area contributed by atoms with Gasteiger partial charge in [0.2, 0.25) is 10.0 Å². The maximum atomic E-state index is 13.7. The van der Waals surface area contributed by atoms with Gasteiger partial charge in [0, 0.05) is 18.1 Å². The second-order valence-electron chi connectivity index (χ2n) is 7.77. The Balaban J connectivity index is 1.64. The van der Waals surface area contributed by atoms with Crippen molar-refractivity contribution in [2.24, 2.45) is 10.9 Å². The van der Waals surface area contributed by atoms with Crippen LogP contribution >= 0.6 is 22.9 Å². The number of aromatic nitrogens is 1. The number of carbonyl (C=O) groups is 2. The summed E-state index contributed by atoms with van der Waals surface area (Å²) in [6.45, 7) is 0.0824. The van der Waals surface area contributed by atoms with E-state index in [1.165, 1.54) is 58.4 Å². The van der Waals surface area contributed by atoms with E-state index in [0.717, 1.165) is 11.3 Å². The van der Waals surface area contributed by atoms with Crippen molar-refractivity contribution in [3.05, 3.63) is 58.1 Å². The van der Waals surface area contributed by atoms with Gasteiger partial charge in [-0.05, 0) is 55.3 Å². The van der Waals surface area contributed by atoms with Crippen molar-refractivity contribution in [1.82, 2.24) is 8.87 Å². The summed E-state index contributed by atoms with van der Waals surface area (Å²) in [7, 11) is -2.55. The van der Waals surface area contributed by atoms with Gasteiger partial charge in [0.05, 0.1) is 28.1 Å². The van der Waals surface area contributed by atoms with Crippen molar-refractivity contribution in [2.75, 3.05) is 20.2 Å². The minimum atomic E-state index is -3.80. The number of esters is 1. The molecule has 1 aromatic heterocycles. The van der Waals surface area contributed by atoms with Crippen LogP contribution in [0.2, 0.25) is 5.02 Å². The molecule has 0 spiro atoms. The van der Waals surface area contributed by atoms with Crippen LogP contribution in [-0.4, -0.2) is 49.4 Å². The van der Waals surface area contributed by atoms with E-state index in [2.05, 4.69) is 4.99 Å². The molecule has 1 unspecified atom stereocenters. The topological polar surface area (TPSA) is 98.0 Å². The molecule has 0 radical (unpaired) electrons. The first-order valence-corrected chi connectivity index (χ1v) is 13.0. The summed E-state index contributed by atoms with van der Waals surface area (Å²) < 4.78 is 47.8. The molecule has 2 heterocycles. The molecule has 3 aromatic rings. The fraction of sp³-hybridized carbons (Fsp3) is 0.318. The van der Waals surface area contributed by atoms with E-state index < -0.39 is 33.6 Å². The number of methoxy groups -OCH3 is 1. The van der Waals surface area contributed by atoms with Crippen LogP contribution in [0.5, 0.6) is 0 Å². The lowest BCUT2D eigenvalue weighted by molar-refractivity contribution is -0.141. The number of amides is 1. The normalized spacial score (nSPS) is 17.7. The summed E-state index contributed by atoms with van der Waals surface area (Å²) in [5, 5.41) is 0.424. The zero-order valence-corrected chi connectivity index (χ0v) is 20.5. The van der Waals surface area contributed by atoms with Gasteiger partial charge in [0.1, 0.15) is 12.4 Å². The fourth-order valence-corrected chi connectivity index (χ4v) is 6.49. The van der Waals surface area contributed by atoms with Gasteiger partial charge in [0.25, 0.3) is 5.91 Å². The van der Waals surface area contributed by atoms with Crippen LogP contribution in [0, 0.1) is 11.7 Å². The number of thiazole rings is 1. The Labute approximate surface area is 204 Å². The van der Waals surface area contributed by atoms with Gasteiger partial charge in [-0.2, -0.15) is 9.30 Å². The van der Waals surface area contributed by atoms with Crippen LogP contribution in [0.25, 0.3) is 10.2 Å². The molecule has 1 aliphatic heterocycles. The molecule has 4 rings (SSSR count). The maximum absolute atomic E-state index is 13.7. The van der Waals surface area contributed by atoms with Crippen LogP contribution in [0.15, 0.2) is 52.4 Å². The Morgan fingerprint density at radius 3 is 2.68 bits per heavy atom. The lowest BCUT2D eigenvalue weighted by Crippen LogP contribution is -2.42. The van der Waals surface area contributed by atoms with E-state index in [4.69, 9.17) is 16.3 Å². The summed E-state index contributed by atoms with van der Waals surface area (Å²) in [5.74, 6) is -2.14. The van der Waals surface area contributed by atoms with E-state index in [0.29, 0.717) is 34.6 Å². The first-order chi connectivity index (χ1) is 16.2. The van der Waals surface area contributed by atoms with E-state index in [1.807, 2.05) is 0 Å². The van der Waals surface area contributed by atoms with Gasteiger partial charge in [-0.1, -0.05) is 22.9 Å². The molecule has 180 valence electrons. The Hall–Kier alpha value is -2.60. The highest BCUT2D eigenvalue weighted by atomic mass is 35.5. The van der Waals surface area contributed by atoms with Crippen molar-refractivity contribution in [2.45, 2.75) is 24.3 Å². The smallest absolute Gasteiger partial charge is 0.325 e. The Kier molecular flexibility index (Phi) is 7.17. The monoisotopic (exact) mass is 525 g/mol. The third kappa shape index (κ3) is 5.07. The average molecular weight is 526 g/mol. The summed E-state index contributed by atoms with van der Waals surface area (Å²) in [6, 6.07) is 9.93. The fourth-order valence-electron chi connectivity index (χ4n) is 3.78. The number of carbonyl (C=O) groups excluding carboxylic acids is 2. The molecule has 0 aliphatic carbocycles. The zero-order chi connectivity index (χ0) is 24.5. The van der Waals surface area contributed by atoms with Gasteiger partial charge < -0.3 is 9.30 Å².